The number of benzene rings is 1. The maximum Gasteiger partial charge on any atom is 0.327 e. The number of hydrogen-bond donors (Lipinski definition) is 4. The summed E-state index contributed by atoms with van der Waals surface area (Å²) in [6, 6.07) is 6.74. The lowest BCUT2D eigenvalue weighted by atomic mass is 9.75. The van der Waals surface area contributed by atoms with E-state index in [1.165, 1.54) is 6.92 Å². The van der Waals surface area contributed by atoms with E-state index in [1.807, 2.05) is 31.3 Å². The number of thiol groups is 1. The Morgan fingerprint density at radius 2 is 2.00 bits per heavy atom. The fourth-order valence-electron chi connectivity index (χ4n) is 2.95. The Balaban J connectivity index is 0.000000294. The fourth-order valence-corrected chi connectivity index (χ4v) is 3.50. The molecule has 2 rings (SSSR count). The van der Waals surface area contributed by atoms with Crippen molar-refractivity contribution >= 4 is 41.9 Å². The van der Waals surface area contributed by atoms with Gasteiger partial charge in [-0.25, -0.2) is 4.79 Å². The van der Waals surface area contributed by atoms with Gasteiger partial charge in [-0.1, -0.05) is 36.2 Å². The zero-order valence-electron chi connectivity index (χ0n) is 14.9. The number of nitrogens with one attached hydrogen (secondary N) is 2. The van der Waals surface area contributed by atoms with Crippen molar-refractivity contribution in [1.29, 1.82) is 0 Å². The maximum atomic E-state index is 12.2. The highest BCUT2D eigenvalue weighted by molar-refractivity contribution is 7.80. The molecule has 0 heterocycles. The van der Waals surface area contributed by atoms with Gasteiger partial charge in [0.15, 0.2) is 5.78 Å². The molecule has 2 atom stereocenters. The Bertz CT molecular complexity index is 656. The van der Waals surface area contributed by atoms with Crippen molar-refractivity contribution in [3.63, 3.8) is 0 Å². The first-order chi connectivity index (χ1) is 12.3. The monoisotopic (exact) mass is 400 g/mol. The van der Waals surface area contributed by atoms with E-state index in [9.17, 15) is 14.4 Å². The van der Waals surface area contributed by atoms with E-state index in [2.05, 4.69) is 23.3 Å². The molecule has 1 saturated carbocycles. The molecule has 0 bridgehead atoms. The summed E-state index contributed by atoms with van der Waals surface area (Å²) in [6.07, 6.45) is 3.54. The van der Waals surface area contributed by atoms with Crippen LogP contribution in [0.3, 0.4) is 0 Å². The number of likely N-dealkylation sites (N-methyl/N-ethyl adjacent to an activating group) is 1. The lowest BCUT2D eigenvalue weighted by Gasteiger charge is -2.36. The van der Waals surface area contributed by atoms with Crippen molar-refractivity contribution in [3.8, 4) is 0 Å². The summed E-state index contributed by atoms with van der Waals surface area (Å²) in [7, 11) is 1.84. The van der Waals surface area contributed by atoms with Crippen LogP contribution in [0.1, 0.15) is 38.2 Å². The normalized spacial score (nSPS) is 20.5. The number of carboxylic acid groups (broad SMARTS) is 1. The van der Waals surface area contributed by atoms with Crippen LogP contribution in [0.25, 0.3) is 0 Å². The number of hydrogen-bond acceptors (Lipinski definition) is 5. The minimum absolute atomic E-state index is 0.106. The van der Waals surface area contributed by atoms with Crippen LogP contribution < -0.4 is 10.6 Å². The second kappa shape index (κ2) is 10.5. The molecule has 0 aromatic heterocycles. The number of halogens is 1. The largest absolute Gasteiger partial charge is 0.480 e. The molecule has 1 aliphatic carbocycles. The Kier molecular flexibility index (Phi) is 9.12. The highest BCUT2D eigenvalue weighted by Gasteiger charge is 2.41. The molecule has 0 aliphatic heterocycles. The molecular formula is C18H25ClN2O4S. The van der Waals surface area contributed by atoms with Crippen LogP contribution >= 0.6 is 24.2 Å². The van der Waals surface area contributed by atoms with Gasteiger partial charge in [-0.15, -0.1) is 0 Å². The minimum Gasteiger partial charge on any atom is -0.480 e. The van der Waals surface area contributed by atoms with Gasteiger partial charge >= 0.3 is 5.97 Å². The smallest absolute Gasteiger partial charge is 0.327 e. The van der Waals surface area contributed by atoms with Gasteiger partial charge in [0.25, 0.3) is 0 Å². The van der Waals surface area contributed by atoms with Gasteiger partial charge in [0, 0.05) is 24.1 Å². The fraction of sp³-hybridized carbons (Fsp3) is 0.500. The first-order valence-corrected chi connectivity index (χ1v) is 9.37. The number of rotatable bonds is 5. The van der Waals surface area contributed by atoms with Crippen LogP contribution in [0.5, 0.6) is 0 Å². The van der Waals surface area contributed by atoms with Crippen molar-refractivity contribution in [2.45, 2.75) is 44.2 Å². The van der Waals surface area contributed by atoms with Gasteiger partial charge in [-0.3, -0.25) is 9.59 Å². The summed E-state index contributed by atoms with van der Waals surface area (Å²) < 4.78 is 0. The first-order valence-electron chi connectivity index (χ1n) is 8.36. The van der Waals surface area contributed by atoms with E-state index in [4.69, 9.17) is 16.7 Å². The predicted molar refractivity (Wildman–Crippen MR) is 105 cm³/mol. The first kappa shape index (κ1) is 22.5. The molecule has 0 saturated heterocycles. The highest BCUT2D eigenvalue weighted by atomic mass is 35.5. The van der Waals surface area contributed by atoms with E-state index >= 15 is 0 Å². The summed E-state index contributed by atoms with van der Waals surface area (Å²) in [5, 5.41) is 14.4. The lowest BCUT2D eigenvalue weighted by Crippen LogP contribution is -2.49. The summed E-state index contributed by atoms with van der Waals surface area (Å²) >= 11 is 9.93. The van der Waals surface area contributed by atoms with Crippen molar-refractivity contribution in [2.75, 3.05) is 12.8 Å². The molecule has 0 spiro atoms. The number of amides is 1. The molecule has 6 nitrogen and oxygen atoms in total. The van der Waals surface area contributed by atoms with Crippen molar-refractivity contribution in [1.82, 2.24) is 10.6 Å². The van der Waals surface area contributed by atoms with Crippen LogP contribution in [-0.4, -0.2) is 41.6 Å². The number of aliphatic carboxylic acids is 1. The van der Waals surface area contributed by atoms with Crippen molar-refractivity contribution in [2.24, 2.45) is 0 Å². The third-order valence-corrected chi connectivity index (χ3v) is 4.99. The van der Waals surface area contributed by atoms with Crippen molar-refractivity contribution < 1.29 is 19.5 Å². The molecule has 8 heteroatoms. The van der Waals surface area contributed by atoms with Gasteiger partial charge in [-0.05, 0) is 31.5 Å². The molecule has 3 N–H and O–H groups in total. The van der Waals surface area contributed by atoms with Gasteiger partial charge in [0.1, 0.15) is 11.6 Å². The van der Waals surface area contributed by atoms with Crippen LogP contribution in [0.4, 0.5) is 0 Å². The van der Waals surface area contributed by atoms with Gasteiger partial charge in [0.05, 0.1) is 0 Å². The van der Waals surface area contributed by atoms with Crippen LogP contribution in [0, 0.1) is 0 Å². The number of carbonyl (C=O) groups is 3. The zero-order valence-corrected chi connectivity index (χ0v) is 16.6. The quantitative estimate of drug-likeness (QED) is 0.569. The summed E-state index contributed by atoms with van der Waals surface area (Å²) in [6.45, 7) is 1.26. The Morgan fingerprint density at radius 3 is 2.42 bits per heavy atom. The van der Waals surface area contributed by atoms with Crippen molar-refractivity contribution in [3.05, 3.63) is 34.9 Å². The maximum absolute atomic E-state index is 12.2. The molecule has 26 heavy (non-hydrogen) atoms. The van der Waals surface area contributed by atoms with Crippen LogP contribution in [0.15, 0.2) is 24.3 Å². The Hall–Kier alpha value is -1.57. The second-order valence-electron chi connectivity index (χ2n) is 6.04. The third kappa shape index (κ3) is 5.72. The predicted octanol–water partition coefficient (Wildman–Crippen LogP) is 2.40. The molecule has 1 amide bonds. The third-order valence-electron chi connectivity index (χ3n) is 4.30. The average molecular weight is 401 g/mol. The SMILES string of the molecule is CC(=O)N[C@@H](CS)C(=O)O.CNC1(c2ccccc2Cl)CCCCC1=O. The summed E-state index contributed by atoms with van der Waals surface area (Å²) in [5.74, 6) is -1.06. The van der Waals surface area contributed by atoms with Gasteiger partial charge < -0.3 is 15.7 Å². The van der Waals surface area contributed by atoms with Crippen LogP contribution in [0.2, 0.25) is 5.02 Å². The standard InChI is InChI=1S/C13H16ClNO.C5H9NO3S/c1-15-13(9-5-4-8-12(13)16)10-6-2-3-7-11(10)14;1-3(7)6-4(2-10)5(8)9/h2-3,6-7,15H,4-5,8-9H2,1H3;4,10H,2H2,1H3,(H,6,7)(H,8,9)/t;4-/m.0/s1. The Morgan fingerprint density at radius 1 is 1.35 bits per heavy atom. The molecule has 1 aromatic rings. The number of carbonyl (C=O) groups excluding carboxylic acids is 2. The molecule has 1 unspecified atom stereocenters. The lowest BCUT2D eigenvalue weighted by molar-refractivity contribution is -0.140. The van der Waals surface area contributed by atoms with E-state index < -0.39 is 17.6 Å². The minimum atomic E-state index is -1.06. The Labute approximate surface area is 164 Å². The number of carboxylic acids is 1. The molecule has 1 fully saturated rings. The van der Waals surface area contributed by atoms with E-state index in [-0.39, 0.29) is 17.4 Å². The summed E-state index contributed by atoms with van der Waals surface area (Å²) in [5.41, 5.74) is 0.361. The number of ketones is 1. The molecule has 1 aliphatic rings. The molecule has 144 valence electrons. The number of Topliss-reactive ketones (excluding diaryl/α,β-unsaturated/α-hetero) is 1. The molecule has 0 radical (unpaired) electrons. The molecular weight excluding hydrogens is 376 g/mol. The molecule has 1 aromatic carbocycles. The van der Waals surface area contributed by atoms with Gasteiger partial charge in [0.2, 0.25) is 5.91 Å². The summed E-state index contributed by atoms with van der Waals surface area (Å²) in [4.78, 5) is 32.7. The van der Waals surface area contributed by atoms with Crippen LogP contribution in [-0.2, 0) is 19.9 Å². The second-order valence-corrected chi connectivity index (χ2v) is 6.81. The topological polar surface area (TPSA) is 95.5 Å². The van der Waals surface area contributed by atoms with E-state index in [0.717, 1.165) is 24.8 Å². The highest BCUT2D eigenvalue weighted by Crippen LogP contribution is 2.37. The van der Waals surface area contributed by atoms with Gasteiger partial charge in [-0.2, -0.15) is 12.6 Å². The zero-order chi connectivity index (χ0) is 19.7. The van der Waals surface area contributed by atoms with E-state index in [0.29, 0.717) is 11.4 Å². The average Bonchev–Trinajstić information content (AvgIpc) is 2.61. The van der Waals surface area contributed by atoms with E-state index in [1.54, 1.807) is 0 Å².